The van der Waals surface area contributed by atoms with Gasteiger partial charge >= 0.3 is 5.97 Å². The molecule has 0 spiro atoms. The van der Waals surface area contributed by atoms with Gasteiger partial charge < -0.3 is 4.74 Å². The number of carbonyl (C=O) groups is 1. The molecule has 2 rings (SSSR count). The first-order valence-corrected chi connectivity index (χ1v) is 5.94. The summed E-state index contributed by atoms with van der Waals surface area (Å²) in [5, 5.41) is 4.33. The fourth-order valence-electron chi connectivity index (χ4n) is 2.42. The van der Waals surface area contributed by atoms with E-state index in [2.05, 4.69) is 10.5 Å². The number of carbonyl (C=O) groups excluding carboxylic acids is 1. The smallest absolute Gasteiger partial charge is 0.336 e. The van der Waals surface area contributed by atoms with Crippen LogP contribution in [0.15, 0.2) is 16.4 Å². The Labute approximate surface area is 95.7 Å². The molecule has 4 nitrogen and oxygen atoms in total. The number of nitrogens with one attached hydrogen (secondary N) is 1. The highest BCUT2D eigenvalue weighted by atomic mass is 16.5. The van der Waals surface area contributed by atoms with E-state index in [0.29, 0.717) is 6.61 Å². The summed E-state index contributed by atoms with van der Waals surface area (Å²) in [4.78, 5) is 11.9. The number of hydrazone groups is 1. The van der Waals surface area contributed by atoms with Gasteiger partial charge in [0.2, 0.25) is 0 Å². The van der Waals surface area contributed by atoms with Gasteiger partial charge in [0.05, 0.1) is 12.2 Å². The van der Waals surface area contributed by atoms with Gasteiger partial charge in [-0.2, -0.15) is 5.10 Å². The van der Waals surface area contributed by atoms with E-state index < -0.39 is 0 Å². The van der Waals surface area contributed by atoms with Crippen LogP contribution in [0.1, 0.15) is 39.5 Å². The van der Waals surface area contributed by atoms with E-state index in [-0.39, 0.29) is 11.9 Å². The third kappa shape index (κ3) is 1.96. The van der Waals surface area contributed by atoms with Crippen molar-refractivity contribution >= 4 is 11.7 Å². The Kier molecular flexibility index (Phi) is 3.27. The van der Waals surface area contributed by atoms with Gasteiger partial charge in [0.15, 0.2) is 0 Å². The Bertz CT molecular complexity index is 358. The molecule has 0 aromatic heterocycles. The molecule has 1 aliphatic carbocycles. The van der Waals surface area contributed by atoms with Crippen molar-refractivity contribution in [1.82, 2.24) is 5.43 Å². The van der Waals surface area contributed by atoms with Crippen molar-refractivity contribution in [2.24, 2.45) is 11.0 Å². The third-order valence-corrected chi connectivity index (χ3v) is 3.19. The summed E-state index contributed by atoms with van der Waals surface area (Å²) >= 11 is 0. The van der Waals surface area contributed by atoms with Crippen LogP contribution in [0.4, 0.5) is 0 Å². The first-order valence-electron chi connectivity index (χ1n) is 5.94. The van der Waals surface area contributed by atoms with Crippen LogP contribution < -0.4 is 5.43 Å². The van der Waals surface area contributed by atoms with Crippen molar-refractivity contribution < 1.29 is 9.53 Å². The van der Waals surface area contributed by atoms with Crippen molar-refractivity contribution in [1.29, 1.82) is 0 Å². The zero-order valence-electron chi connectivity index (χ0n) is 9.88. The predicted octanol–water partition coefficient (Wildman–Crippen LogP) is 1.97. The second-order valence-electron chi connectivity index (χ2n) is 4.27. The minimum Gasteiger partial charge on any atom is -0.463 e. The molecule has 0 saturated heterocycles. The third-order valence-electron chi connectivity index (χ3n) is 3.19. The van der Waals surface area contributed by atoms with Gasteiger partial charge in [-0.25, -0.2) is 4.79 Å². The van der Waals surface area contributed by atoms with Crippen molar-refractivity contribution in [2.45, 2.75) is 39.5 Å². The molecular formula is C12H18N2O2. The fraction of sp³-hybridized carbons (Fsp3) is 0.667. The van der Waals surface area contributed by atoms with E-state index in [0.717, 1.165) is 29.8 Å². The minimum atomic E-state index is -0.188. The molecule has 1 fully saturated rings. The molecule has 0 radical (unpaired) electrons. The van der Waals surface area contributed by atoms with Gasteiger partial charge in [-0.3, -0.25) is 5.43 Å². The Balaban J connectivity index is 2.23. The second kappa shape index (κ2) is 4.68. The molecule has 1 heterocycles. The van der Waals surface area contributed by atoms with Gasteiger partial charge in [-0.1, -0.05) is 6.42 Å². The number of fused-ring (bicyclic) bond motifs is 1. The Morgan fingerprint density at radius 2 is 2.38 bits per heavy atom. The van der Waals surface area contributed by atoms with Crippen molar-refractivity contribution in [2.75, 3.05) is 6.61 Å². The first-order chi connectivity index (χ1) is 7.74. The molecule has 1 atom stereocenters. The molecule has 0 bridgehead atoms. The lowest BCUT2D eigenvalue weighted by molar-refractivity contribution is -0.139. The van der Waals surface area contributed by atoms with E-state index in [1.165, 1.54) is 12.8 Å². The van der Waals surface area contributed by atoms with Crippen LogP contribution >= 0.6 is 0 Å². The molecule has 88 valence electrons. The summed E-state index contributed by atoms with van der Waals surface area (Å²) in [6.45, 7) is 4.15. The highest BCUT2D eigenvalue weighted by molar-refractivity contribution is 6.01. The van der Waals surface area contributed by atoms with Crippen LogP contribution in [0.3, 0.4) is 0 Å². The van der Waals surface area contributed by atoms with Gasteiger partial charge in [-0.05, 0) is 33.1 Å². The normalized spacial score (nSPS) is 24.4. The molecule has 1 unspecified atom stereocenters. The predicted molar refractivity (Wildman–Crippen MR) is 61.9 cm³/mol. The lowest BCUT2D eigenvalue weighted by Gasteiger charge is -2.30. The Morgan fingerprint density at radius 1 is 1.56 bits per heavy atom. The average molecular weight is 222 g/mol. The Hall–Kier alpha value is -1.32. The quantitative estimate of drug-likeness (QED) is 0.727. The molecule has 16 heavy (non-hydrogen) atoms. The summed E-state index contributed by atoms with van der Waals surface area (Å²) in [5.74, 6) is 0.000787. The van der Waals surface area contributed by atoms with Crippen molar-refractivity contribution in [3.05, 3.63) is 11.3 Å². The van der Waals surface area contributed by atoms with Crippen LogP contribution in [0.5, 0.6) is 0 Å². The van der Waals surface area contributed by atoms with E-state index in [1.54, 1.807) is 0 Å². The summed E-state index contributed by atoms with van der Waals surface area (Å²) < 4.78 is 5.11. The highest BCUT2D eigenvalue weighted by Gasteiger charge is 2.33. The number of rotatable bonds is 2. The molecule has 2 aliphatic rings. The lowest BCUT2D eigenvalue weighted by Crippen LogP contribution is -2.34. The molecule has 0 amide bonds. The average Bonchev–Trinajstić information content (AvgIpc) is 2.29. The standard InChI is InChI=1S/C12H18N2O2/c1-3-16-12(15)11-8(2)13-14-10-7-5-4-6-9(10)11/h9,13H,3-7H2,1-2H3. The van der Waals surface area contributed by atoms with E-state index in [9.17, 15) is 4.79 Å². The zero-order chi connectivity index (χ0) is 11.5. The summed E-state index contributed by atoms with van der Waals surface area (Å²) in [6.07, 6.45) is 4.35. The SMILES string of the molecule is CCOC(=O)C1=C(C)NN=C2CCCCC21. The maximum Gasteiger partial charge on any atom is 0.336 e. The first kappa shape index (κ1) is 11.2. The minimum absolute atomic E-state index is 0.188. The van der Waals surface area contributed by atoms with Crippen molar-refractivity contribution in [3.8, 4) is 0 Å². The largest absolute Gasteiger partial charge is 0.463 e. The molecule has 1 N–H and O–H groups in total. The lowest BCUT2D eigenvalue weighted by atomic mass is 9.80. The number of ether oxygens (including phenoxy) is 1. The fourth-order valence-corrected chi connectivity index (χ4v) is 2.42. The summed E-state index contributed by atoms with van der Waals surface area (Å²) in [5.41, 5.74) is 5.67. The second-order valence-corrected chi connectivity index (χ2v) is 4.27. The maximum absolute atomic E-state index is 11.9. The molecular weight excluding hydrogens is 204 g/mol. The zero-order valence-corrected chi connectivity index (χ0v) is 9.88. The van der Waals surface area contributed by atoms with Crippen LogP contribution in [0.2, 0.25) is 0 Å². The van der Waals surface area contributed by atoms with Gasteiger partial charge in [0.1, 0.15) is 0 Å². The van der Waals surface area contributed by atoms with Gasteiger partial charge in [0.25, 0.3) is 0 Å². The van der Waals surface area contributed by atoms with E-state index in [4.69, 9.17) is 4.74 Å². The van der Waals surface area contributed by atoms with Crippen LogP contribution in [0.25, 0.3) is 0 Å². The molecule has 0 aromatic carbocycles. The summed E-state index contributed by atoms with van der Waals surface area (Å²) in [6, 6.07) is 0. The monoisotopic (exact) mass is 222 g/mol. The Morgan fingerprint density at radius 3 is 3.12 bits per heavy atom. The number of allylic oxidation sites excluding steroid dienone is 1. The van der Waals surface area contributed by atoms with Crippen LogP contribution in [0, 0.1) is 5.92 Å². The van der Waals surface area contributed by atoms with Gasteiger partial charge in [0, 0.05) is 17.3 Å². The number of nitrogens with zero attached hydrogens (tertiary/aromatic N) is 1. The van der Waals surface area contributed by atoms with E-state index >= 15 is 0 Å². The molecule has 1 saturated carbocycles. The van der Waals surface area contributed by atoms with Crippen LogP contribution in [-0.4, -0.2) is 18.3 Å². The summed E-state index contributed by atoms with van der Waals surface area (Å²) in [7, 11) is 0. The number of hydrogen-bond acceptors (Lipinski definition) is 4. The molecule has 1 aliphatic heterocycles. The van der Waals surface area contributed by atoms with Gasteiger partial charge in [-0.15, -0.1) is 0 Å². The van der Waals surface area contributed by atoms with E-state index in [1.807, 2.05) is 13.8 Å². The van der Waals surface area contributed by atoms with Crippen molar-refractivity contribution in [3.63, 3.8) is 0 Å². The number of hydrogen-bond donors (Lipinski definition) is 1. The number of esters is 1. The maximum atomic E-state index is 11.9. The van der Waals surface area contributed by atoms with Crippen LogP contribution in [-0.2, 0) is 9.53 Å². The molecule has 4 heteroatoms. The molecule has 0 aromatic rings. The highest BCUT2D eigenvalue weighted by Crippen LogP contribution is 2.32. The topological polar surface area (TPSA) is 50.7 Å².